The maximum atomic E-state index is 13.7. The highest BCUT2D eigenvalue weighted by Crippen LogP contribution is 2.41. The predicted octanol–water partition coefficient (Wildman–Crippen LogP) is 3.60. The van der Waals surface area contributed by atoms with Gasteiger partial charge in [0.15, 0.2) is 11.9 Å². The molecule has 0 aromatic carbocycles. The summed E-state index contributed by atoms with van der Waals surface area (Å²) in [4.78, 5) is 27.0. The van der Waals surface area contributed by atoms with E-state index in [9.17, 15) is 18.0 Å². The summed E-state index contributed by atoms with van der Waals surface area (Å²) in [5.41, 5.74) is 1.61. The Morgan fingerprint density at radius 3 is 2.76 bits per heavy atom. The zero-order chi connectivity index (χ0) is 25.7. The number of carbonyl (C=O) groups excluding carboxylic acids is 1. The number of fused-ring (bicyclic) bond motifs is 1. The molecule has 5 heterocycles. The first kappa shape index (κ1) is 23.3. The maximum absolute atomic E-state index is 13.7. The smallest absolute Gasteiger partial charge is 0.309 e. The van der Waals surface area contributed by atoms with Crippen LogP contribution in [0.4, 0.5) is 19.0 Å². The topological polar surface area (TPSA) is 107 Å². The van der Waals surface area contributed by atoms with Crippen molar-refractivity contribution in [3.8, 4) is 17.2 Å². The zero-order valence-corrected chi connectivity index (χ0v) is 19.7. The molecule has 2 aliphatic rings. The lowest BCUT2D eigenvalue weighted by Gasteiger charge is -2.33. The van der Waals surface area contributed by atoms with Crippen LogP contribution in [0, 0.1) is 0 Å². The number of rotatable bonds is 5. The number of amides is 1. The highest BCUT2D eigenvalue weighted by atomic mass is 19.4. The van der Waals surface area contributed by atoms with E-state index in [-0.39, 0.29) is 17.9 Å². The standard InChI is InChI=1S/C24H22F3N9O/c1-34-10-8-18-20(21(34)24(25,26)27)29-12-35(18)15-7-9-28-17(11-15)23(37)32-19-4-2-3-16(31-19)22-33-30-13-36(22)14-5-6-14/h2-4,7,9,11-14,21H,5-6,8,10H2,1H3,(H,31,32,37). The number of imidazole rings is 1. The van der Waals surface area contributed by atoms with Crippen molar-refractivity contribution in [3.63, 3.8) is 0 Å². The van der Waals surface area contributed by atoms with Crippen molar-refractivity contribution in [1.82, 2.24) is 39.2 Å². The summed E-state index contributed by atoms with van der Waals surface area (Å²) in [6.45, 7) is 0.234. The van der Waals surface area contributed by atoms with E-state index in [1.54, 1.807) is 35.2 Å². The predicted molar refractivity (Wildman–Crippen MR) is 126 cm³/mol. The quantitative estimate of drug-likeness (QED) is 0.438. The third-order valence-corrected chi connectivity index (χ3v) is 6.60. The Hall–Kier alpha value is -4.13. The summed E-state index contributed by atoms with van der Waals surface area (Å²) in [5, 5.41) is 10.9. The van der Waals surface area contributed by atoms with Crippen LogP contribution in [0.25, 0.3) is 17.2 Å². The second kappa shape index (κ2) is 8.76. The third kappa shape index (κ3) is 4.35. The molecule has 0 bridgehead atoms. The van der Waals surface area contributed by atoms with E-state index in [4.69, 9.17) is 0 Å². The van der Waals surface area contributed by atoms with Gasteiger partial charge in [0.25, 0.3) is 5.91 Å². The molecule has 4 aromatic heterocycles. The van der Waals surface area contributed by atoms with Gasteiger partial charge in [-0.25, -0.2) is 9.97 Å². The summed E-state index contributed by atoms with van der Waals surface area (Å²) in [5.74, 6) is 0.444. The Bertz CT molecular complexity index is 1470. The lowest BCUT2D eigenvalue weighted by Crippen LogP contribution is -2.41. The van der Waals surface area contributed by atoms with Crippen LogP contribution in [0.3, 0.4) is 0 Å². The average Bonchev–Trinajstić information content (AvgIpc) is 3.43. The second-order valence-electron chi connectivity index (χ2n) is 9.18. The second-order valence-corrected chi connectivity index (χ2v) is 9.18. The fraction of sp³-hybridized carbons (Fsp3) is 0.333. The molecule has 1 aliphatic carbocycles. The molecule has 10 nitrogen and oxygen atoms in total. The summed E-state index contributed by atoms with van der Waals surface area (Å²) >= 11 is 0. The molecule has 37 heavy (non-hydrogen) atoms. The van der Waals surface area contributed by atoms with Gasteiger partial charge in [0.1, 0.15) is 23.5 Å². The van der Waals surface area contributed by atoms with Gasteiger partial charge in [-0.3, -0.25) is 14.7 Å². The van der Waals surface area contributed by atoms with Crippen LogP contribution in [0.2, 0.25) is 0 Å². The number of halogens is 3. The van der Waals surface area contributed by atoms with Gasteiger partial charge < -0.3 is 14.5 Å². The molecule has 190 valence electrons. The van der Waals surface area contributed by atoms with E-state index in [2.05, 4.69) is 30.5 Å². The Kier molecular flexibility index (Phi) is 5.51. The lowest BCUT2D eigenvalue weighted by atomic mass is 10.0. The number of nitrogens with one attached hydrogen (secondary N) is 1. The Balaban J connectivity index is 1.25. The van der Waals surface area contributed by atoms with Gasteiger partial charge in [-0.05, 0) is 44.2 Å². The molecule has 0 saturated heterocycles. The molecule has 4 aromatic rings. The molecule has 1 saturated carbocycles. The maximum Gasteiger partial charge on any atom is 0.409 e. The highest BCUT2D eigenvalue weighted by molar-refractivity contribution is 6.02. The molecule has 13 heteroatoms. The number of aromatic nitrogens is 7. The molecule has 1 unspecified atom stereocenters. The summed E-state index contributed by atoms with van der Waals surface area (Å²) in [6.07, 6.45) is 2.56. The van der Waals surface area contributed by atoms with Gasteiger partial charge in [-0.1, -0.05) is 6.07 Å². The summed E-state index contributed by atoms with van der Waals surface area (Å²) in [6, 6.07) is 6.96. The first-order valence-corrected chi connectivity index (χ1v) is 11.8. The number of alkyl halides is 3. The van der Waals surface area contributed by atoms with Crippen LogP contribution < -0.4 is 5.32 Å². The van der Waals surface area contributed by atoms with Crippen LogP contribution in [-0.4, -0.2) is 64.9 Å². The Morgan fingerprint density at radius 1 is 1.14 bits per heavy atom. The van der Waals surface area contributed by atoms with Crippen molar-refractivity contribution in [1.29, 1.82) is 0 Å². The Morgan fingerprint density at radius 2 is 1.97 bits per heavy atom. The Labute approximate surface area is 209 Å². The van der Waals surface area contributed by atoms with Gasteiger partial charge in [0, 0.05) is 30.9 Å². The van der Waals surface area contributed by atoms with Crippen LogP contribution in [-0.2, 0) is 6.42 Å². The first-order valence-electron chi connectivity index (χ1n) is 11.8. The van der Waals surface area contributed by atoms with Gasteiger partial charge in [-0.15, -0.1) is 10.2 Å². The van der Waals surface area contributed by atoms with Crippen molar-refractivity contribution in [2.45, 2.75) is 37.5 Å². The molecular weight excluding hydrogens is 487 g/mol. The number of hydrogen-bond donors (Lipinski definition) is 1. The average molecular weight is 509 g/mol. The number of carbonyl (C=O) groups is 1. The number of anilines is 1. The van der Waals surface area contributed by atoms with E-state index in [1.807, 2.05) is 4.57 Å². The van der Waals surface area contributed by atoms with Crippen molar-refractivity contribution in [3.05, 3.63) is 66.3 Å². The molecule has 1 atom stereocenters. The van der Waals surface area contributed by atoms with Crippen molar-refractivity contribution in [2.24, 2.45) is 0 Å². The lowest BCUT2D eigenvalue weighted by molar-refractivity contribution is -0.186. The first-order chi connectivity index (χ1) is 17.8. The van der Waals surface area contributed by atoms with Crippen LogP contribution in [0.5, 0.6) is 0 Å². The third-order valence-electron chi connectivity index (χ3n) is 6.60. The van der Waals surface area contributed by atoms with Gasteiger partial charge >= 0.3 is 6.18 Å². The molecule has 1 N–H and O–H groups in total. The summed E-state index contributed by atoms with van der Waals surface area (Å²) < 4.78 is 44.6. The number of nitrogens with zero attached hydrogens (tertiary/aromatic N) is 8. The van der Waals surface area contributed by atoms with E-state index in [0.717, 1.165) is 12.8 Å². The minimum Gasteiger partial charge on any atom is -0.309 e. The van der Waals surface area contributed by atoms with Gasteiger partial charge in [0.05, 0.1) is 17.7 Å². The van der Waals surface area contributed by atoms with Crippen molar-refractivity contribution in [2.75, 3.05) is 18.9 Å². The number of likely N-dealkylation sites (N-methyl/N-ethyl adjacent to an activating group) is 1. The van der Waals surface area contributed by atoms with Crippen LogP contribution in [0.1, 0.15) is 46.8 Å². The monoisotopic (exact) mass is 509 g/mol. The molecule has 1 aliphatic heterocycles. The largest absolute Gasteiger partial charge is 0.409 e. The fourth-order valence-corrected chi connectivity index (χ4v) is 4.66. The van der Waals surface area contributed by atoms with Crippen molar-refractivity contribution >= 4 is 11.7 Å². The van der Waals surface area contributed by atoms with Gasteiger partial charge in [-0.2, -0.15) is 13.2 Å². The van der Waals surface area contributed by atoms with Crippen LogP contribution >= 0.6 is 0 Å². The fourth-order valence-electron chi connectivity index (χ4n) is 4.66. The minimum absolute atomic E-state index is 0.0240. The molecular formula is C24H22F3N9O. The molecule has 0 radical (unpaired) electrons. The SMILES string of the molecule is CN1CCc2c(ncn2-c2ccnc(C(=O)Nc3cccc(-c4nncn4C4CC4)n3)c2)C1C(F)(F)F. The normalized spacial score (nSPS) is 18.0. The van der Waals surface area contributed by atoms with Gasteiger partial charge in [0.2, 0.25) is 0 Å². The van der Waals surface area contributed by atoms with E-state index in [1.165, 1.54) is 30.5 Å². The van der Waals surface area contributed by atoms with Crippen molar-refractivity contribution < 1.29 is 18.0 Å². The zero-order valence-electron chi connectivity index (χ0n) is 19.7. The molecule has 1 amide bonds. The van der Waals surface area contributed by atoms with E-state index in [0.29, 0.717) is 41.2 Å². The molecule has 0 spiro atoms. The highest BCUT2D eigenvalue weighted by Gasteiger charge is 2.48. The van der Waals surface area contributed by atoms with E-state index >= 15 is 0 Å². The minimum atomic E-state index is -4.44. The van der Waals surface area contributed by atoms with E-state index < -0.39 is 18.1 Å². The summed E-state index contributed by atoms with van der Waals surface area (Å²) in [7, 11) is 1.44. The number of pyridine rings is 2. The molecule has 6 rings (SSSR count). The van der Waals surface area contributed by atoms with Crippen LogP contribution in [0.15, 0.2) is 49.2 Å². The number of hydrogen-bond acceptors (Lipinski definition) is 7. The molecule has 1 fully saturated rings.